The third-order valence-electron chi connectivity index (χ3n) is 9.95. The number of epoxide rings is 1. The standard InChI is InChI=1S/C23H36O8/c1-10(24)18(26)31-16-11-6-7-12-21(5,28)15-14-17(30-14)19(2,3)23(15,29)13(25)8-22(12,16)9-20(11,4)27/h10-17,24-25,27-29H,6-9H2,1-5H3/t10?,11-,12+,13+,14+,15+,16-,17+,20-,21-,22+,23-/m1/s1. The second kappa shape index (κ2) is 6.02. The first-order valence-electron chi connectivity index (χ1n) is 11.5. The Morgan fingerprint density at radius 2 is 1.77 bits per heavy atom. The maximum absolute atomic E-state index is 12.4. The van der Waals surface area contributed by atoms with Crippen LogP contribution in [0.25, 0.3) is 0 Å². The molecule has 0 aromatic carbocycles. The number of hydrogen-bond acceptors (Lipinski definition) is 8. The van der Waals surface area contributed by atoms with Gasteiger partial charge in [-0.15, -0.1) is 0 Å². The van der Waals surface area contributed by atoms with E-state index in [9.17, 15) is 30.3 Å². The summed E-state index contributed by atoms with van der Waals surface area (Å²) in [6, 6.07) is 0. The van der Waals surface area contributed by atoms with E-state index in [1.165, 1.54) is 6.92 Å². The number of rotatable bonds is 2. The minimum Gasteiger partial charge on any atom is -0.459 e. The molecule has 8 heteroatoms. The monoisotopic (exact) mass is 440 g/mol. The number of ether oxygens (including phenoxy) is 2. The van der Waals surface area contributed by atoms with Gasteiger partial charge in [0, 0.05) is 22.7 Å². The summed E-state index contributed by atoms with van der Waals surface area (Å²) in [5.74, 6) is -2.28. The van der Waals surface area contributed by atoms with E-state index in [-0.39, 0.29) is 31.0 Å². The van der Waals surface area contributed by atoms with Gasteiger partial charge < -0.3 is 35.0 Å². The Morgan fingerprint density at radius 3 is 2.39 bits per heavy atom. The van der Waals surface area contributed by atoms with Crippen molar-refractivity contribution in [3.63, 3.8) is 0 Å². The number of aliphatic hydroxyl groups excluding tert-OH is 2. The molecule has 4 aliphatic carbocycles. The van der Waals surface area contributed by atoms with E-state index in [0.717, 1.165) is 0 Å². The van der Waals surface area contributed by atoms with Crippen molar-refractivity contribution in [2.45, 2.75) is 108 Å². The fourth-order valence-corrected chi connectivity index (χ4v) is 8.65. The fraction of sp³-hybridized carbons (Fsp3) is 0.957. The number of fused-ring (bicyclic) bond motifs is 4. The van der Waals surface area contributed by atoms with Gasteiger partial charge in [0.2, 0.25) is 0 Å². The number of carbonyl (C=O) groups is 1. The van der Waals surface area contributed by atoms with Crippen LogP contribution in [0.15, 0.2) is 0 Å². The maximum atomic E-state index is 12.4. The summed E-state index contributed by atoms with van der Waals surface area (Å²) in [7, 11) is 0. The molecule has 12 atom stereocenters. The zero-order valence-corrected chi connectivity index (χ0v) is 18.9. The SMILES string of the molecule is CC(O)C(=O)O[C@@H]1[C@H]2CC[C@H]3[C@@](C)(O)[C@@H]4[C@@H]5O[C@@H]5C(C)(C)[C@@]4(O)[C@@H](O)C[C@@]13C[C@@]2(C)O. The van der Waals surface area contributed by atoms with Crippen molar-refractivity contribution in [1.82, 2.24) is 0 Å². The molecule has 0 aromatic rings. The molecule has 2 bridgehead atoms. The lowest BCUT2D eigenvalue weighted by atomic mass is 9.57. The number of carbonyl (C=O) groups excluding carboxylic acids is 1. The van der Waals surface area contributed by atoms with E-state index < -0.39 is 63.8 Å². The Morgan fingerprint density at radius 1 is 1.13 bits per heavy atom. The van der Waals surface area contributed by atoms with Crippen LogP contribution >= 0.6 is 0 Å². The molecule has 1 unspecified atom stereocenters. The molecule has 1 heterocycles. The Hall–Kier alpha value is -0.770. The molecule has 176 valence electrons. The van der Waals surface area contributed by atoms with Gasteiger partial charge in [0.1, 0.15) is 17.8 Å². The van der Waals surface area contributed by atoms with Gasteiger partial charge in [-0.3, -0.25) is 0 Å². The molecule has 5 fully saturated rings. The lowest BCUT2D eigenvalue weighted by Crippen LogP contribution is -2.63. The average Bonchev–Trinajstić information content (AvgIpc) is 3.36. The Labute approximate surface area is 182 Å². The van der Waals surface area contributed by atoms with E-state index in [1.54, 1.807) is 13.8 Å². The lowest BCUT2D eigenvalue weighted by Gasteiger charge is -2.52. The highest BCUT2D eigenvalue weighted by Gasteiger charge is 2.83. The van der Waals surface area contributed by atoms with E-state index in [4.69, 9.17) is 9.47 Å². The Bertz CT molecular complexity index is 805. The van der Waals surface area contributed by atoms with Gasteiger partial charge in [0.15, 0.2) is 0 Å². The van der Waals surface area contributed by atoms with E-state index >= 15 is 0 Å². The van der Waals surface area contributed by atoms with Crippen molar-refractivity contribution >= 4 is 5.97 Å². The summed E-state index contributed by atoms with van der Waals surface area (Å²) in [5.41, 5.74) is -5.87. The second-order valence-corrected chi connectivity index (χ2v) is 12.0. The first-order chi connectivity index (χ1) is 14.1. The van der Waals surface area contributed by atoms with Gasteiger partial charge in [0.25, 0.3) is 0 Å². The van der Waals surface area contributed by atoms with Crippen LogP contribution in [0.1, 0.15) is 60.3 Å². The summed E-state index contributed by atoms with van der Waals surface area (Å²) in [5, 5.41) is 56.6. The van der Waals surface area contributed by atoms with Crippen LogP contribution in [0.5, 0.6) is 0 Å². The van der Waals surface area contributed by atoms with Crippen molar-refractivity contribution in [3.8, 4) is 0 Å². The third-order valence-corrected chi connectivity index (χ3v) is 9.95. The van der Waals surface area contributed by atoms with Crippen molar-refractivity contribution in [2.24, 2.45) is 28.6 Å². The molecule has 1 aliphatic heterocycles. The van der Waals surface area contributed by atoms with Gasteiger partial charge >= 0.3 is 5.97 Å². The topological polar surface area (TPSA) is 140 Å². The highest BCUT2D eigenvalue weighted by atomic mass is 16.6. The summed E-state index contributed by atoms with van der Waals surface area (Å²) in [6.07, 6.45) is -2.43. The van der Waals surface area contributed by atoms with Crippen LogP contribution in [0.3, 0.4) is 0 Å². The normalized spacial score (nSPS) is 59.7. The molecule has 1 saturated heterocycles. The molecule has 5 aliphatic rings. The van der Waals surface area contributed by atoms with Gasteiger partial charge in [0.05, 0.1) is 29.5 Å². The molecule has 4 saturated carbocycles. The Balaban J connectivity index is 1.66. The number of esters is 1. The summed E-state index contributed by atoms with van der Waals surface area (Å²) in [6.45, 7) is 8.47. The highest BCUT2D eigenvalue weighted by molar-refractivity contribution is 5.74. The average molecular weight is 441 g/mol. The van der Waals surface area contributed by atoms with Crippen LogP contribution in [0.2, 0.25) is 0 Å². The zero-order chi connectivity index (χ0) is 22.9. The molecular formula is C23H36O8. The van der Waals surface area contributed by atoms with Crippen LogP contribution in [0.4, 0.5) is 0 Å². The molecule has 5 N–H and O–H groups in total. The van der Waals surface area contributed by atoms with Gasteiger partial charge in [-0.1, -0.05) is 13.8 Å². The van der Waals surface area contributed by atoms with E-state index in [2.05, 4.69) is 0 Å². The quantitative estimate of drug-likeness (QED) is 0.301. The van der Waals surface area contributed by atoms with Crippen LogP contribution in [-0.4, -0.2) is 78.8 Å². The number of aliphatic hydroxyl groups is 5. The zero-order valence-electron chi connectivity index (χ0n) is 18.9. The first-order valence-corrected chi connectivity index (χ1v) is 11.5. The van der Waals surface area contributed by atoms with Crippen molar-refractivity contribution < 1.29 is 39.8 Å². The minimum absolute atomic E-state index is 0.0914. The minimum atomic E-state index is -1.58. The summed E-state index contributed by atoms with van der Waals surface area (Å²) < 4.78 is 11.7. The van der Waals surface area contributed by atoms with Crippen molar-refractivity contribution in [2.75, 3.05) is 0 Å². The first kappa shape index (κ1) is 22.0. The van der Waals surface area contributed by atoms with Gasteiger partial charge in [-0.2, -0.15) is 0 Å². The number of hydrogen-bond donors (Lipinski definition) is 5. The molecule has 8 nitrogen and oxygen atoms in total. The molecule has 1 spiro atoms. The lowest BCUT2D eigenvalue weighted by molar-refractivity contribution is -0.223. The van der Waals surface area contributed by atoms with Crippen LogP contribution in [0, 0.1) is 28.6 Å². The Kier molecular flexibility index (Phi) is 4.28. The fourth-order valence-electron chi connectivity index (χ4n) is 8.65. The smallest absolute Gasteiger partial charge is 0.334 e. The second-order valence-electron chi connectivity index (χ2n) is 12.0. The summed E-state index contributed by atoms with van der Waals surface area (Å²) >= 11 is 0. The molecule has 31 heavy (non-hydrogen) atoms. The van der Waals surface area contributed by atoms with Gasteiger partial charge in [-0.05, 0) is 52.4 Å². The van der Waals surface area contributed by atoms with E-state index in [1.807, 2.05) is 13.8 Å². The third kappa shape index (κ3) is 2.44. The predicted octanol–water partition coefficient (Wildman–Crippen LogP) is 0.116. The van der Waals surface area contributed by atoms with Crippen LogP contribution < -0.4 is 0 Å². The molecule has 0 aromatic heterocycles. The predicted molar refractivity (Wildman–Crippen MR) is 108 cm³/mol. The van der Waals surface area contributed by atoms with Crippen LogP contribution in [-0.2, 0) is 14.3 Å². The highest BCUT2D eigenvalue weighted by Crippen LogP contribution is 2.73. The van der Waals surface area contributed by atoms with Crippen molar-refractivity contribution in [1.29, 1.82) is 0 Å². The molecular weight excluding hydrogens is 404 g/mol. The molecule has 0 amide bonds. The van der Waals surface area contributed by atoms with Gasteiger partial charge in [-0.25, -0.2) is 4.79 Å². The summed E-state index contributed by atoms with van der Waals surface area (Å²) in [4.78, 5) is 12.4. The van der Waals surface area contributed by atoms with E-state index in [0.29, 0.717) is 12.8 Å². The molecule has 0 radical (unpaired) electrons. The van der Waals surface area contributed by atoms with Crippen molar-refractivity contribution in [3.05, 3.63) is 0 Å². The maximum Gasteiger partial charge on any atom is 0.334 e. The largest absolute Gasteiger partial charge is 0.459 e. The molecule has 5 rings (SSSR count).